The molecule has 0 bridgehead atoms. The van der Waals surface area contributed by atoms with Crippen LogP contribution in [0.15, 0.2) is 72.8 Å². The van der Waals surface area contributed by atoms with E-state index in [9.17, 15) is 0 Å². The molecule has 0 aliphatic carbocycles. The zero-order valence-electron chi connectivity index (χ0n) is 17.9. The van der Waals surface area contributed by atoms with Crippen molar-refractivity contribution in [2.24, 2.45) is 5.73 Å². The lowest BCUT2D eigenvalue weighted by Gasteiger charge is -2.19. The highest BCUT2D eigenvalue weighted by Crippen LogP contribution is 2.30. The Balaban J connectivity index is 1.61. The van der Waals surface area contributed by atoms with Crippen molar-refractivity contribution in [3.8, 4) is 16.9 Å². The standard InChI is InChI=1S/C26H32N2O/c1-18(2)20-9-15-23(16-10-20)25(27)17-28-19(3)21-11-13-22(14-12-21)24-7-5-6-8-26(24)29-4/h5-16,18-19,25,28H,17,27H2,1-4H3. The van der Waals surface area contributed by atoms with Gasteiger partial charge in [0.2, 0.25) is 0 Å². The van der Waals surface area contributed by atoms with Crippen molar-refractivity contribution in [2.45, 2.75) is 38.8 Å². The van der Waals surface area contributed by atoms with Gasteiger partial charge in [-0.2, -0.15) is 0 Å². The van der Waals surface area contributed by atoms with Crippen LogP contribution in [0.5, 0.6) is 5.75 Å². The van der Waals surface area contributed by atoms with Crippen LogP contribution >= 0.6 is 0 Å². The molecule has 0 aliphatic heterocycles. The molecule has 0 saturated heterocycles. The zero-order valence-corrected chi connectivity index (χ0v) is 17.9. The van der Waals surface area contributed by atoms with E-state index in [1.807, 2.05) is 18.2 Å². The first-order valence-electron chi connectivity index (χ1n) is 10.3. The smallest absolute Gasteiger partial charge is 0.126 e. The Labute approximate surface area is 174 Å². The van der Waals surface area contributed by atoms with Crippen molar-refractivity contribution in [1.29, 1.82) is 0 Å². The van der Waals surface area contributed by atoms with Crippen molar-refractivity contribution >= 4 is 0 Å². The second kappa shape index (κ2) is 9.73. The topological polar surface area (TPSA) is 47.3 Å². The summed E-state index contributed by atoms with van der Waals surface area (Å²) >= 11 is 0. The maximum atomic E-state index is 6.40. The molecule has 0 saturated carbocycles. The van der Waals surface area contributed by atoms with Gasteiger partial charge in [0.1, 0.15) is 5.75 Å². The first-order chi connectivity index (χ1) is 14.0. The maximum Gasteiger partial charge on any atom is 0.126 e. The largest absolute Gasteiger partial charge is 0.496 e. The Hall–Kier alpha value is -2.62. The third-order valence-corrected chi connectivity index (χ3v) is 5.50. The number of ether oxygens (including phenoxy) is 1. The van der Waals surface area contributed by atoms with Gasteiger partial charge in [-0.3, -0.25) is 0 Å². The second-order valence-corrected chi connectivity index (χ2v) is 7.88. The molecule has 2 atom stereocenters. The molecule has 29 heavy (non-hydrogen) atoms. The van der Waals surface area contributed by atoms with Crippen LogP contribution in [-0.4, -0.2) is 13.7 Å². The molecule has 152 valence electrons. The first kappa shape index (κ1) is 21.1. The fraction of sp³-hybridized carbons (Fsp3) is 0.308. The van der Waals surface area contributed by atoms with Crippen molar-refractivity contribution in [1.82, 2.24) is 5.32 Å². The van der Waals surface area contributed by atoms with Gasteiger partial charge >= 0.3 is 0 Å². The normalized spacial score (nSPS) is 13.3. The summed E-state index contributed by atoms with van der Waals surface area (Å²) in [6.07, 6.45) is 0. The summed E-state index contributed by atoms with van der Waals surface area (Å²) in [4.78, 5) is 0. The Morgan fingerprint density at radius 1 is 0.793 bits per heavy atom. The molecular formula is C26H32N2O. The summed E-state index contributed by atoms with van der Waals surface area (Å²) < 4.78 is 5.48. The van der Waals surface area contributed by atoms with E-state index < -0.39 is 0 Å². The van der Waals surface area contributed by atoms with E-state index in [1.54, 1.807) is 7.11 Å². The van der Waals surface area contributed by atoms with Gasteiger partial charge in [0.05, 0.1) is 7.11 Å². The summed E-state index contributed by atoms with van der Waals surface area (Å²) in [5, 5.41) is 3.57. The Bertz CT molecular complexity index is 901. The average molecular weight is 389 g/mol. The van der Waals surface area contributed by atoms with Crippen molar-refractivity contribution < 1.29 is 4.74 Å². The van der Waals surface area contributed by atoms with E-state index in [0.29, 0.717) is 5.92 Å². The van der Waals surface area contributed by atoms with Crippen LogP contribution in [0.3, 0.4) is 0 Å². The number of benzene rings is 3. The first-order valence-corrected chi connectivity index (χ1v) is 10.3. The number of rotatable bonds is 8. The van der Waals surface area contributed by atoms with Crippen LogP contribution in [0.2, 0.25) is 0 Å². The van der Waals surface area contributed by atoms with Gasteiger partial charge in [0, 0.05) is 24.2 Å². The quantitative estimate of drug-likeness (QED) is 0.510. The second-order valence-electron chi connectivity index (χ2n) is 7.88. The molecule has 3 N–H and O–H groups in total. The summed E-state index contributed by atoms with van der Waals surface area (Å²) in [5.74, 6) is 1.43. The molecule has 2 unspecified atom stereocenters. The lowest BCUT2D eigenvalue weighted by molar-refractivity contribution is 0.416. The lowest BCUT2D eigenvalue weighted by atomic mass is 9.98. The molecule has 3 nitrogen and oxygen atoms in total. The summed E-state index contributed by atoms with van der Waals surface area (Å²) in [6, 6.07) is 25.6. The minimum atomic E-state index is -0.0217. The van der Waals surface area contributed by atoms with Gasteiger partial charge in [-0.25, -0.2) is 0 Å². The fourth-order valence-corrected chi connectivity index (χ4v) is 3.50. The molecule has 0 fully saturated rings. The van der Waals surface area contributed by atoms with E-state index in [1.165, 1.54) is 16.7 Å². The average Bonchev–Trinajstić information content (AvgIpc) is 2.77. The molecular weight excluding hydrogens is 356 g/mol. The highest BCUT2D eigenvalue weighted by Gasteiger charge is 2.11. The van der Waals surface area contributed by atoms with Crippen LogP contribution in [0.1, 0.15) is 55.5 Å². The third kappa shape index (κ3) is 5.26. The van der Waals surface area contributed by atoms with Crippen LogP contribution in [0.25, 0.3) is 11.1 Å². The number of hydrogen-bond donors (Lipinski definition) is 2. The number of nitrogens with one attached hydrogen (secondary N) is 1. The van der Waals surface area contributed by atoms with Crippen molar-refractivity contribution in [3.05, 3.63) is 89.5 Å². The molecule has 0 amide bonds. The Morgan fingerprint density at radius 2 is 1.38 bits per heavy atom. The summed E-state index contributed by atoms with van der Waals surface area (Å²) in [7, 11) is 1.71. The van der Waals surface area contributed by atoms with Gasteiger partial charge in [-0.1, -0.05) is 80.6 Å². The van der Waals surface area contributed by atoms with Crippen LogP contribution in [-0.2, 0) is 0 Å². The molecule has 0 aromatic heterocycles. The number of para-hydroxylation sites is 1. The minimum Gasteiger partial charge on any atom is -0.496 e. The van der Waals surface area contributed by atoms with Gasteiger partial charge < -0.3 is 15.8 Å². The van der Waals surface area contributed by atoms with Gasteiger partial charge in [0.25, 0.3) is 0 Å². The van der Waals surface area contributed by atoms with Gasteiger partial charge in [-0.05, 0) is 41.2 Å². The summed E-state index contributed by atoms with van der Waals surface area (Å²) in [6.45, 7) is 7.32. The molecule has 0 aliphatic rings. The van der Waals surface area contributed by atoms with E-state index >= 15 is 0 Å². The number of nitrogens with two attached hydrogens (primary N) is 1. The minimum absolute atomic E-state index is 0.0217. The van der Waals surface area contributed by atoms with E-state index in [2.05, 4.69) is 80.7 Å². The fourth-order valence-electron chi connectivity index (χ4n) is 3.50. The predicted molar refractivity (Wildman–Crippen MR) is 122 cm³/mol. The number of hydrogen-bond acceptors (Lipinski definition) is 3. The maximum absolute atomic E-state index is 6.40. The van der Waals surface area contributed by atoms with Crippen molar-refractivity contribution in [3.63, 3.8) is 0 Å². The summed E-state index contributed by atoms with van der Waals surface area (Å²) in [5.41, 5.74) is 12.4. The van der Waals surface area contributed by atoms with E-state index in [0.717, 1.165) is 23.4 Å². The SMILES string of the molecule is COc1ccccc1-c1ccc(C(C)NCC(N)c2ccc(C(C)C)cc2)cc1. The Morgan fingerprint density at radius 3 is 2.00 bits per heavy atom. The monoisotopic (exact) mass is 388 g/mol. The molecule has 3 aromatic carbocycles. The van der Waals surface area contributed by atoms with E-state index in [4.69, 9.17) is 10.5 Å². The molecule has 0 radical (unpaired) electrons. The van der Waals surface area contributed by atoms with E-state index in [-0.39, 0.29) is 12.1 Å². The van der Waals surface area contributed by atoms with Crippen LogP contribution in [0.4, 0.5) is 0 Å². The molecule has 3 rings (SSSR count). The molecule has 0 heterocycles. The third-order valence-electron chi connectivity index (χ3n) is 5.50. The van der Waals surface area contributed by atoms with Crippen molar-refractivity contribution in [2.75, 3.05) is 13.7 Å². The van der Waals surface area contributed by atoms with Gasteiger partial charge in [-0.15, -0.1) is 0 Å². The van der Waals surface area contributed by atoms with Crippen LogP contribution < -0.4 is 15.8 Å². The number of methoxy groups -OCH3 is 1. The van der Waals surface area contributed by atoms with Gasteiger partial charge in [0.15, 0.2) is 0 Å². The molecule has 3 aromatic rings. The Kier molecular flexibility index (Phi) is 7.08. The van der Waals surface area contributed by atoms with Crippen LogP contribution in [0, 0.1) is 0 Å². The molecule has 0 spiro atoms. The zero-order chi connectivity index (χ0) is 20.8. The lowest BCUT2D eigenvalue weighted by Crippen LogP contribution is -2.29. The predicted octanol–water partition coefficient (Wildman–Crippen LogP) is 5.84. The highest BCUT2D eigenvalue weighted by molar-refractivity contribution is 5.70. The molecule has 3 heteroatoms. The highest BCUT2D eigenvalue weighted by atomic mass is 16.5.